The Bertz CT molecular complexity index is 476. The van der Waals surface area contributed by atoms with E-state index >= 15 is 0 Å². The van der Waals surface area contributed by atoms with Gasteiger partial charge in [-0.15, -0.1) is 22.7 Å². The third-order valence-electron chi connectivity index (χ3n) is 2.43. The largest absolute Gasteiger partial charge is 0.295 e. The van der Waals surface area contributed by atoms with Gasteiger partial charge in [-0.2, -0.15) is 0 Å². The lowest BCUT2D eigenvalue weighted by molar-refractivity contribution is 0.312. The van der Waals surface area contributed by atoms with Gasteiger partial charge in [-0.1, -0.05) is 6.92 Å². The van der Waals surface area contributed by atoms with Crippen molar-refractivity contribution in [1.29, 1.82) is 0 Å². The van der Waals surface area contributed by atoms with Gasteiger partial charge in [-0.05, 0) is 20.4 Å². The summed E-state index contributed by atoms with van der Waals surface area (Å²) in [4.78, 5) is 11.3. The van der Waals surface area contributed by atoms with E-state index in [-0.39, 0.29) is 0 Å². The molecule has 0 unspecified atom stereocenters. The molecule has 0 saturated carbocycles. The van der Waals surface area contributed by atoms with Gasteiger partial charge in [-0.3, -0.25) is 4.90 Å². The minimum Gasteiger partial charge on any atom is -0.295 e. The third-order valence-corrected chi connectivity index (χ3v) is 4.30. The Morgan fingerprint density at radius 1 is 1.12 bits per heavy atom. The maximum atomic E-state index is 4.57. The van der Waals surface area contributed by atoms with E-state index in [1.54, 1.807) is 22.7 Å². The van der Waals surface area contributed by atoms with Crippen molar-refractivity contribution in [2.75, 3.05) is 7.05 Å². The Kier molecular flexibility index (Phi) is 4.25. The molecular weight excluding hydrogens is 250 g/mol. The number of rotatable bonds is 5. The van der Waals surface area contributed by atoms with E-state index in [2.05, 4.69) is 39.6 Å². The summed E-state index contributed by atoms with van der Waals surface area (Å²) < 4.78 is 0. The number of nitrogens with zero attached hydrogens (tertiary/aromatic N) is 3. The Labute approximate surface area is 110 Å². The second-order valence-corrected chi connectivity index (χ2v) is 6.12. The quantitative estimate of drug-likeness (QED) is 0.833. The zero-order valence-corrected chi connectivity index (χ0v) is 12.1. The molecule has 0 amide bonds. The van der Waals surface area contributed by atoms with E-state index in [0.717, 1.165) is 30.2 Å². The van der Waals surface area contributed by atoms with Gasteiger partial charge >= 0.3 is 0 Å². The summed E-state index contributed by atoms with van der Waals surface area (Å²) in [6, 6.07) is 0. The standard InChI is InChI=1S/C12H17N3S2/c1-4-12-14-11(8-17-12)6-15(3)5-10-7-16-9(2)13-10/h7-8H,4-6H2,1-3H3. The summed E-state index contributed by atoms with van der Waals surface area (Å²) in [5.74, 6) is 0. The minimum atomic E-state index is 0.892. The molecule has 0 bridgehead atoms. The first-order valence-electron chi connectivity index (χ1n) is 5.70. The summed E-state index contributed by atoms with van der Waals surface area (Å²) in [6.45, 7) is 5.98. The highest BCUT2D eigenvalue weighted by Gasteiger charge is 2.07. The van der Waals surface area contributed by atoms with Gasteiger partial charge in [0.15, 0.2) is 0 Å². The molecule has 0 aliphatic heterocycles. The first-order valence-corrected chi connectivity index (χ1v) is 7.46. The molecule has 0 fully saturated rings. The second kappa shape index (κ2) is 5.71. The number of aryl methyl sites for hydroxylation is 2. The van der Waals surface area contributed by atoms with Crippen molar-refractivity contribution in [3.05, 3.63) is 32.2 Å². The van der Waals surface area contributed by atoms with Crippen LogP contribution in [0.25, 0.3) is 0 Å². The maximum Gasteiger partial charge on any atom is 0.0926 e. The minimum absolute atomic E-state index is 0.892. The summed E-state index contributed by atoms with van der Waals surface area (Å²) in [7, 11) is 2.11. The Balaban J connectivity index is 1.90. The highest BCUT2D eigenvalue weighted by atomic mass is 32.1. The summed E-state index contributed by atoms with van der Waals surface area (Å²) in [5.41, 5.74) is 2.32. The van der Waals surface area contributed by atoms with Gasteiger partial charge in [0.2, 0.25) is 0 Å². The molecular formula is C12H17N3S2. The Morgan fingerprint density at radius 2 is 1.76 bits per heavy atom. The van der Waals surface area contributed by atoms with Gasteiger partial charge < -0.3 is 0 Å². The first kappa shape index (κ1) is 12.7. The molecule has 0 N–H and O–H groups in total. The number of thiazole rings is 2. The van der Waals surface area contributed by atoms with Crippen molar-refractivity contribution in [2.45, 2.75) is 33.4 Å². The van der Waals surface area contributed by atoms with Crippen LogP contribution in [0.1, 0.15) is 28.3 Å². The molecule has 0 aliphatic rings. The Morgan fingerprint density at radius 3 is 2.29 bits per heavy atom. The summed E-state index contributed by atoms with van der Waals surface area (Å²) >= 11 is 3.46. The second-order valence-electron chi connectivity index (χ2n) is 4.12. The molecule has 0 radical (unpaired) electrons. The van der Waals surface area contributed by atoms with Crippen LogP contribution in [0, 0.1) is 6.92 Å². The van der Waals surface area contributed by atoms with E-state index in [1.807, 2.05) is 6.92 Å². The zero-order valence-electron chi connectivity index (χ0n) is 10.4. The topological polar surface area (TPSA) is 29.0 Å². The van der Waals surface area contributed by atoms with Gasteiger partial charge in [-0.25, -0.2) is 9.97 Å². The third kappa shape index (κ3) is 3.59. The fourth-order valence-electron chi connectivity index (χ4n) is 1.67. The van der Waals surface area contributed by atoms with Crippen LogP contribution in [0.4, 0.5) is 0 Å². The molecule has 0 atom stereocenters. The summed E-state index contributed by atoms with van der Waals surface area (Å²) in [5, 5.41) is 6.64. The van der Waals surface area contributed by atoms with Gasteiger partial charge in [0.25, 0.3) is 0 Å². The van der Waals surface area contributed by atoms with E-state index in [4.69, 9.17) is 0 Å². The maximum absolute atomic E-state index is 4.57. The molecule has 2 aromatic rings. The molecule has 92 valence electrons. The molecule has 0 aliphatic carbocycles. The van der Waals surface area contributed by atoms with Crippen molar-refractivity contribution in [3.8, 4) is 0 Å². The van der Waals surface area contributed by atoms with Gasteiger partial charge in [0.05, 0.1) is 21.4 Å². The van der Waals surface area contributed by atoms with Crippen LogP contribution in [0.5, 0.6) is 0 Å². The molecule has 2 heterocycles. The zero-order chi connectivity index (χ0) is 12.3. The highest BCUT2D eigenvalue weighted by Crippen LogP contribution is 2.14. The molecule has 2 rings (SSSR count). The fraction of sp³-hybridized carbons (Fsp3) is 0.500. The lowest BCUT2D eigenvalue weighted by Gasteiger charge is -2.13. The van der Waals surface area contributed by atoms with Crippen LogP contribution in [-0.4, -0.2) is 21.9 Å². The van der Waals surface area contributed by atoms with Crippen LogP contribution in [0.2, 0.25) is 0 Å². The molecule has 0 saturated heterocycles. The predicted octanol–water partition coefficient (Wildman–Crippen LogP) is 3.10. The Hall–Kier alpha value is -0.780. The number of hydrogen-bond acceptors (Lipinski definition) is 5. The van der Waals surface area contributed by atoms with Crippen molar-refractivity contribution in [2.24, 2.45) is 0 Å². The highest BCUT2D eigenvalue weighted by molar-refractivity contribution is 7.09. The SMILES string of the molecule is CCc1nc(CN(C)Cc2csc(C)n2)cs1. The van der Waals surface area contributed by atoms with Gasteiger partial charge in [0, 0.05) is 23.8 Å². The number of aromatic nitrogens is 2. The van der Waals surface area contributed by atoms with Crippen molar-refractivity contribution in [1.82, 2.24) is 14.9 Å². The van der Waals surface area contributed by atoms with Crippen LogP contribution >= 0.6 is 22.7 Å². The molecule has 2 aromatic heterocycles. The number of hydrogen-bond donors (Lipinski definition) is 0. The lowest BCUT2D eigenvalue weighted by atomic mass is 10.4. The average Bonchev–Trinajstić information content (AvgIpc) is 2.88. The lowest BCUT2D eigenvalue weighted by Crippen LogP contribution is -2.17. The molecule has 5 heteroatoms. The first-order chi connectivity index (χ1) is 8.17. The van der Waals surface area contributed by atoms with Crippen molar-refractivity contribution >= 4 is 22.7 Å². The molecule has 17 heavy (non-hydrogen) atoms. The molecule has 0 spiro atoms. The van der Waals surface area contributed by atoms with Crippen LogP contribution < -0.4 is 0 Å². The van der Waals surface area contributed by atoms with Crippen LogP contribution in [-0.2, 0) is 19.5 Å². The fourth-order valence-corrected chi connectivity index (χ4v) is 3.01. The van der Waals surface area contributed by atoms with Crippen LogP contribution in [0.15, 0.2) is 10.8 Å². The average molecular weight is 267 g/mol. The monoisotopic (exact) mass is 267 g/mol. The predicted molar refractivity (Wildman–Crippen MR) is 73.5 cm³/mol. The van der Waals surface area contributed by atoms with E-state index in [0.29, 0.717) is 0 Å². The molecule has 3 nitrogen and oxygen atoms in total. The molecule has 0 aromatic carbocycles. The van der Waals surface area contributed by atoms with Gasteiger partial charge in [0.1, 0.15) is 0 Å². The van der Waals surface area contributed by atoms with E-state index < -0.39 is 0 Å². The van der Waals surface area contributed by atoms with Crippen molar-refractivity contribution in [3.63, 3.8) is 0 Å². The normalized spacial score (nSPS) is 11.3. The van der Waals surface area contributed by atoms with E-state index in [9.17, 15) is 0 Å². The smallest absolute Gasteiger partial charge is 0.0926 e. The van der Waals surface area contributed by atoms with Crippen molar-refractivity contribution < 1.29 is 0 Å². The summed E-state index contributed by atoms with van der Waals surface area (Å²) in [6.07, 6.45) is 1.03. The van der Waals surface area contributed by atoms with Crippen LogP contribution in [0.3, 0.4) is 0 Å². The van der Waals surface area contributed by atoms with E-state index in [1.165, 1.54) is 10.7 Å².